The van der Waals surface area contributed by atoms with Gasteiger partial charge in [-0.3, -0.25) is 5.10 Å². The summed E-state index contributed by atoms with van der Waals surface area (Å²) < 4.78 is 0. The van der Waals surface area contributed by atoms with Crippen LogP contribution in [0.5, 0.6) is 0 Å². The number of nitrogens with one attached hydrogen (secondary N) is 1. The van der Waals surface area contributed by atoms with E-state index in [1.165, 1.54) is 0 Å². The standard InChI is InChI=1S/C6H7N3/c1-4-5(2)8-9-6(4)3-7/h1-2H3,(H,8,9). The van der Waals surface area contributed by atoms with Crippen molar-refractivity contribution in [3.8, 4) is 6.07 Å². The molecule has 0 aliphatic heterocycles. The Morgan fingerprint density at radius 3 is 2.44 bits per heavy atom. The van der Waals surface area contributed by atoms with Crippen LogP contribution in [-0.2, 0) is 0 Å². The summed E-state index contributed by atoms with van der Waals surface area (Å²) in [6.07, 6.45) is 0. The van der Waals surface area contributed by atoms with Crippen molar-refractivity contribution in [2.24, 2.45) is 0 Å². The van der Waals surface area contributed by atoms with E-state index in [0.29, 0.717) is 5.69 Å². The molecule has 3 heteroatoms. The van der Waals surface area contributed by atoms with Gasteiger partial charge in [-0.2, -0.15) is 10.4 Å². The van der Waals surface area contributed by atoms with Crippen molar-refractivity contribution in [1.82, 2.24) is 10.2 Å². The van der Waals surface area contributed by atoms with E-state index in [9.17, 15) is 0 Å². The topological polar surface area (TPSA) is 52.5 Å². The normalized spacial score (nSPS) is 9.00. The second-order valence-electron chi connectivity index (χ2n) is 1.93. The largest absolute Gasteiger partial charge is 0.281 e. The van der Waals surface area contributed by atoms with Crippen LogP contribution in [0.25, 0.3) is 0 Å². The number of hydrogen-bond donors (Lipinski definition) is 1. The first kappa shape index (κ1) is 5.83. The van der Waals surface area contributed by atoms with Crippen LogP contribution in [0.15, 0.2) is 0 Å². The van der Waals surface area contributed by atoms with Crippen molar-refractivity contribution in [2.45, 2.75) is 13.8 Å². The zero-order chi connectivity index (χ0) is 6.85. The molecule has 1 heterocycles. The third-order valence-electron chi connectivity index (χ3n) is 1.36. The number of H-pyrrole nitrogens is 1. The first-order valence-corrected chi connectivity index (χ1v) is 2.67. The number of aromatic nitrogens is 2. The molecule has 0 atom stereocenters. The Labute approximate surface area is 53.3 Å². The fourth-order valence-electron chi connectivity index (χ4n) is 0.594. The van der Waals surface area contributed by atoms with E-state index in [-0.39, 0.29) is 0 Å². The van der Waals surface area contributed by atoms with Crippen LogP contribution in [0, 0.1) is 25.2 Å². The van der Waals surface area contributed by atoms with Crippen molar-refractivity contribution in [2.75, 3.05) is 0 Å². The lowest BCUT2D eigenvalue weighted by Gasteiger charge is -1.81. The number of nitrogens with zero attached hydrogens (tertiary/aromatic N) is 2. The van der Waals surface area contributed by atoms with Gasteiger partial charge in [-0.25, -0.2) is 0 Å². The molecule has 0 bridgehead atoms. The highest BCUT2D eigenvalue weighted by molar-refractivity contribution is 5.31. The molecule has 1 rings (SSSR count). The number of hydrogen-bond acceptors (Lipinski definition) is 2. The lowest BCUT2D eigenvalue weighted by atomic mass is 10.2. The first-order chi connectivity index (χ1) is 4.25. The average molecular weight is 121 g/mol. The van der Waals surface area contributed by atoms with Gasteiger partial charge in [-0.15, -0.1) is 0 Å². The Kier molecular flexibility index (Phi) is 1.23. The molecule has 0 amide bonds. The minimum atomic E-state index is 0.493. The summed E-state index contributed by atoms with van der Waals surface area (Å²) in [5.41, 5.74) is 2.40. The second kappa shape index (κ2) is 1.90. The van der Waals surface area contributed by atoms with E-state index in [0.717, 1.165) is 11.3 Å². The minimum absolute atomic E-state index is 0.493. The van der Waals surface area contributed by atoms with E-state index in [1.807, 2.05) is 19.9 Å². The summed E-state index contributed by atoms with van der Waals surface area (Å²) in [4.78, 5) is 0. The first-order valence-electron chi connectivity index (χ1n) is 2.67. The molecule has 1 N–H and O–H groups in total. The molecule has 0 aliphatic carbocycles. The third kappa shape index (κ3) is 0.789. The van der Waals surface area contributed by atoms with E-state index in [2.05, 4.69) is 10.2 Å². The van der Waals surface area contributed by atoms with E-state index >= 15 is 0 Å². The van der Waals surface area contributed by atoms with Gasteiger partial charge in [0.15, 0.2) is 5.69 Å². The van der Waals surface area contributed by atoms with Crippen molar-refractivity contribution in [3.63, 3.8) is 0 Å². The Morgan fingerprint density at radius 1 is 1.56 bits per heavy atom. The van der Waals surface area contributed by atoms with Crippen molar-refractivity contribution in [1.29, 1.82) is 5.26 Å². The smallest absolute Gasteiger partial charge is 0.165 e. The molecule has 0 spiro atoms. The number of aromatic amines is 1. The van der Waals surface area contributed by atoms with Gasteiger partial charge in [-0.05, 0) is 13.8 Å². The van der Waals surface area contributed by atoms with Gasteiger partial charge in [0.1, 0.15) is 6.07 Å². The Balaban J connectivity index is 3.24. The molecular formula is C6H7N3. The van der Waals surface area contributed by atoms with Crippen LogP contribution in [0.1, 0.15) is 17.0 Å². The molecule has 0 fully saturated rings. The molecule has 0 aromatic carbocycles. The van der Waals surface area contributed by atoms with Gasteiger partial charge in [0.2, 0.25) is 0 Å². The highest BCUT2D eigenvalue weighted by atomic mass is 15.1. The predicted molar refractivity (Wildman–Crippen MR) is 32.8 cm³/mol. The van der Waals surface area contributed by atoms with Crippen LogP contribution >= 0.6 is 0 Å². The molecule has 3 nitrogen and oxygen atoms in total. The number of aryl methyl sites for hydroxylation is 1. The Morgan fingerprint density at radius 2 is 2.22 bits per heavy atom. The second-order valence-corrected chi connectivity index (χ2v) is 1.93. The molecule has 1 aromatic rings. The number of rotatable bonds is 0. The molecule has 1 aromatic heterocycles. The van der Waals surface area contributed by atoms with Crippen LogP contribution in [0.4, 0.5) is 0 Å². The summed E-state index contributed by atoms with van der Waals surface area (Å²) >= 11 is 0. The van der Waals surface area contributed by atoms with Crippen LogP contribution in [0.3, 0.4) is 0 Å². The van der Waals surface area contributed by atoms with Crippen LogP contribution < -0.4 is 0 Å². The van der Waals surface area contributed by atoms with Gasteiger partial charge in [-0.1, -0.05) is 0 Å². The van der Waals surface area contributed by atoms with Crippen molar-refractivity contribution >= 4 is 0 Å². The van der Waals surface area contributed by atoms with Gasteiger partial charge in [0.05, 0.1) is 0 Å². The molecule has 0 saturated carbocycles. The predicted octanol–water partition coefficient (Wildman–Crippen LogP) is 0.898. The molecular weight excluding hydrogens is 114 g/mol. The Bertz CT molecular complexity index is 254. The monoisotopic (exact) mass is 121 g/mol. The van der Waals surface area contributed by atoms with Crippen LogP contribution in [0.2, 0.25) is 0 Å². The molecule has 0 radical (unpaired) electrons. The van der Waals surface area contributed by atoms with E-state index in [4.69, 9.17) is 5.26 Å². The number of nitriles is 1. The lowest BCUT2D eigenvalue weighted by molar-refractivity contribution is 1.03. The fourth-order valence-corrected chi connectivity index (χ4v) is 0.594. The molecule has 9 heavy (non-hydrogen) atoms. The van der Waals surface area contributed by atoms with Crippen molar-refractivity contribution in [3.05, 3.63) is 17.0 Å². The van der Waals surface area contributed by atoms with Gasteiger partial charge >= 0.3 is 0 Å². The average Bonchev–Trinajstić information content (AvgIpc) is 2.15. The molecule has 0 saturated heterocycles. The summed E-state index contributed by atoms with van der Waals surface area (Å²) in [5, 5.41) is 14.9. The summed E-state index contributed by atoms with van der Waals surface area (Å²) in [7, 11) is 0. The lowest BCUT2D eigenvalue weighted by Crippen LogP contribution is -1.75. The maximum absolute atomic E-state index is 8.40. The minimum Gasteiger partial charge on any atom is -0.281 e. The Hall–Kier alpha value is -1.30. The maximum Gasteiger partial charge on any atom is 0.165 e. The highest BCUT2D eigenvalue weighted by Crippen LogP contribution is 2.05. The molecule has 0 unspecified atom stereocenters. The summed E-state index contributed by atoms with van der Waals surface area (Å²) in [5.74, 6) is 0. The summed E-state index contributed by atoms with van der Waals surface area (Å²) in [6.45, 7) is 3.76. The fraction of sp³-hybridized carbons (Fsp3) is 0.333. The zero-order valence-electron chi connectivity index (χ0n) is 5.39. The summed E-state index contributed by atoms with van der Waals surface area (Å²) in [6, 6.07) is 1.97. The maximum atomic E-state index is 8.40. The van der Waals surface area contributed by atoms with Gasteiger partial charge in [0, 0.05) is 11.3 Å². The molecule has 46 valence electrons. The van der Waals surface area contributed by atoms with Gasteiger partial charge < -0.3 is 0 Å². The quantitative estimate of drug-likeness (QED) is 0.554. The van der Waals surface area contributed by atoms with Crippen molar-refractivity contribution < 1.29 is 0 Å². The van der Waals surface area contributed by atoms with E-state index < -0.39 is 0 Å². The molecule has 0 aliphatic rings. The van der Waals surface area contributed by atoms with Crippen LogP contribution in [-0.4, -0.2) is 10.2 Å². The zero-order valence-corrected chi connectivity index (χ0v) is 5.39. The van der Waals surface area contributed by atoms with E-state index in [1.54, 1.807) is 0 Å². The van der Waals surface area contributed by atoms with Gasteiger partial charge in [0.25, 0.3) is 0 Å². The third-order valence-corrected chi connectivity index (χ3v) is 1.36. The SMILES string of the molecule is Cc1[nH]nc(C#N)c1C. The highest BCUT2D eigenvalue weighted by Gasteiger charge is 2.01.